The van der Waals surface area contributed by atoms with E-state index in [1.165, 1.54) is 38.6 Å². The van der Waals surface area contributed by atoms with Gasteiger partial charge in [-0.1, -0.05) is 6.42 Å². The highest BCUT2D eigenvalue weighted by molar-refractivity contribution is 4.97. The molecule has 0 aromatic carbocycles. The molecule has 1 aliphatic carbocycles. The quantitative estimate of drug-likeness (QED) is 0.540. The molecule has 0 aromatic heterocycles. The van der Waals surface area contributed by atoms with Crippen LogP contribution in [0.4, 0.5) is 0 Å². The van der Waals surface area contributed by atoms with E-state index in [0.717, 1.165) is 5.92 Å². The zero-order valence-corrected chi connectivity index (χ0v) is 6.82. The van der Waals surface area contributed by atoms with Gasteiger partial charge in [0.2, 0.25) is 0 Å². The van der Waals surface area contributed by atoms with Crippen LogP contribution in [0.1, 0.15) is 39.0 Å². The molecule has 1 heterocycles. The van der Waals surface area contributed by atoms with Gasteiger partial charge in [-0.3, -0.25) is 0 Å². The monoisotopic (exact) mass is 139 g/mol. The van der Waals surface area contributed by atoms with Gasteiger partial charge in [-0.2, -0.15) is 0 Å². The topological polar surface area (TPSA) is 12.0 Å². The van der Waals surface area contributed by atoms with Gasteiger partial charge in [-0.25, -0.2) is 0 Å². The van der Waals surface area contributed by atoms with Crippen LogP contribution in [0.2, 0.25) is 0 Å². The first-order valence-electron chi connectivity index (χ1n) is 4.56. The molecule has 2 fully saturated rings. The van der Waals surface area contributed by atoms with Gasteiger partial charge >= 0.3 is 0 Å². The smallest absolute Gasteiger partial charge is 0.0181 e. The number of nitrogens with one attached hydrogen (secondary N) is 1. The predicted molar refractivity (Wildman–Crippen MR) is 43.0 cm³/mol. The molecule has 2 atom stereocenters. The van der Waals surface area contributed by atoms with Gasteiger partial charge in [0.25, 0.3) is 0 Å². The van der Waals surface area contributed by atoms with E-state index in [1.807, 2.05) is 0 Å². The van der Waals surface area contributed by atoms with E-state index >= 15 is 0 Å². The van der Waals surface area contributed by atoms with Gasteiger partial charge in [0.15, 0.2) is 0 Å². The summed E-state index contributed by atoms with van der Waals surface area (Å²) in [7, 11) is 0. The van der Waals surface area contributed by atoms with Crippen LogP contribution in [0.5, 0.6) is 0 Å². The van der Waals surface area contributed by atoms with Crippen LogP contribution in [-0.2, 0) is 0 Å². The minimum Gasteiger partial charge on any atom is -0.311 e. The fourth-order valence-electron chi connectivity index (χ4n) is 2.66. The Bertz CT molecular complexity index is 133. The van der Waals surface area contributed by atoms with Crippen molar-refractivity contribution in [2.24, 2.45) is 5.92 Å². The zero-order valence-electron chi connectivity index (χ0n) is 6.82. The van der Waals surface area contributed by atoms with Crippen molar-refractivity contribution in [3.05, 3.63) is 0 Å². The average Bonchev–Trinajstić information content (AvgIpc) is 2.29. The molecule has 1 unspecified atom stereocenters. The van der Waals surface area contributed by atoms with Crippen molar-refractivity contribution in [1.29, 1.82) is 0 Å². The maximum Gasteiger partial charge on any atom is 0.0181 e. The van der Waals surface area contributed by atoms with Crippen LogP contribution < -0.4 is 5.32 Å². The van der Waals surface area contributed by atoms with E-state index in [1.54, 1.807) is 0 Å². The number of hydrogen-bond acceptors (Lipinski definition) is 1. The minimum absolute atomic E-state index is 0.540. The Kier molecular flexibility index (Phi) is 1.48. The summed E-state index contributed by atoms with van der Waals surface area (Å²) in [4.78, 5) is 0. The molecule has 2 aliphatic rings. The standard InChI is InChI=1S/C9H17N/c1-9-6-2-4-8(9)5-3-7-10-9/h8,10H,2-7H2,1H3/t8?,9-/m1/s1. The van der Waals surface area contributed by atoms with Gasteiger partial charge in [0.1, 0.15) is 0 Å². The lowest BCUT2D eigenvalue weighted by Gasteiger charge is -2.37. The third kappa shape index (κ3) is 0.878. The summed E-state index contributed by atoms with van der Waals surface area (Å²) in [6.07, 6.45) is 7.22. The van der Waals surface area contributed by atoms with Gasteiger partial charge in [0.05, 0.1) is 0 Å². The maximum absolute atomic E-state index is 3.66. The van der Waals surface area contributed by atoms with E-state index in [4.69, 9.17) is 0 Å². The minimum atomic E-state index is 0.540. The largest absolute Gasteiger partial charge is 0.311 e. The zero-order chi connectivity index (χ0) is 7.03. The second-order valence-electron chi connectivity index (χ2n) is 4.08. The Labute approximate surface area is 63.2 Å². The molecule has 0 radical (unpaired) electrons. The molecular weight excluding hydrogens is 122 g/mol. The summed E-state index contributed by atoms with van der Waals surface area (Å²) in [5, 5.41) is 3.66. The van der Waals surface area contributed by atoms with E-state index in [-0.39, 0.29) is 0 Å². The van der Waals surface area contributed by atoms with Gasteiger partial charge in [-0.15, -0.1) is 0 Å². The van der Waals surface area contributed by atoms with E-state index < -0.39 is 0 Å². The molecule has 2 rings (SSSR count). The van der Waals surface area contributed by atoms with E-state index in [9.17, 15) is 0 Å². The molecule has 58 valence electrons. The summed E-state index contributed by atoms with van der Waals surface area (Å²) in [5.41, 5.74) is 0.540. The maximum atomic E-state index is 3.66. The number of hydrogen-bond donors (Lipinski definition) is 1. The number of rotatable bonds is 0. The van der Waals surface area contributed by atoms with Crippen molar-refractivity contribution in [2.45, 2.75) is 44.6 Å². The van der Waals surface area contributed by atoms with E-state index in [0.29, 0.717) is 5.54 Å². The molecule has 0 spiro atoms. The molecular formula is C9H17N. The normalized spacial score (nSPS) is 47.1. The summed E-state index contributed by atoms with van der Waals surface area (Å²) < 4.78 is 0. The van der Waals surface area contributed by atoms with Gasteiger partial charge in [-0.05, 0) is 45.1 Å². The summed E-state index contributed by atoms with van der Waals surface area (Å²) in [5.74, 6) is 1.00. The third-order valence-electron chi connectivity index (χ3n) is 3.41. The molecule has 1 saturated heterocycles. The SMILES string of the molecule is C[C@@]12CCCC1CCCN2. The second kappa shape index (κ2) is 2.23. The van der Waals surface area contributed by atoms with Crippen LogP contribution in [0, 0.1) is 5.92 Å². The van der Waals surface area contributed by atoms with Crippen molar-refractivity contribution >= 4 is 0 Å². The Hall–Kier alpha value is -0.0400. The molecule has 0 amide bonds. The lowest BCUT2D eigenvalue weighted by molar-refractivity contribution is 0.212. The first kappa shape index (κ1) is 6.66. The predicted octanol–water partition coefficient (Wildman–Crippen LogP) is 1.93. The van der Waals surface area contributed by atoms with Crippen molar-refractivity contribution in [3.8, 4) is 0 Å². The molecule has 1 heteroatoms. The van der Waals surface area contributed by atoms with E-state index in [2.05, 4.69) is 12.2 Å². The third-order valence-corrected chi connectivity index (χ3v) is 3.41. The lowest BCUT2D eigenvalue weighted by Crippen LogP contribution is -2.49. The average molecular weight is 139 g/mol. The fourth-order valence-corrected chi connectivity index (χ4v) is 2.66. The number of piperidine rings is 1. The van der Waals surface area contributed by atoms with Crippen LogP contribution in [-0.4, -0.2) is 12.1 Å². The molecule has 1 N–H and O–H groups in total. The van der Waals surface area contributed by atoms with Crippen molar-refractivity contribution in [3.63, 3.8) is 0 Å². The first-order chi connectivity index (χ1) is 4.81. The molecule has 0 bridgehead atoms. The molecule has 0 aromatic rings. The van der Waals surface area contributed by atoms with Crippen LogP contribution >= 0.6 is 0 Å². The molecule has 1 aliphatic heterocycles. The molecule has 10 heavy (non-hydrogen) atoms. The Morgan fingerprint density at radius 3 is 2.90 bits per heavy atom. The van der Waals surface area contributed by atoms with Crippen LogP contribution in [0.25, 0.3) is 0 Å². The van der Waals surface area contributed by atoms with Crippen LogP contribution in [0.3, 0.4) is 0 Å². The van der Waals surface area contributed by atoms with Crippen molar-refractivity contribution in [1.82, 2.24) is 5.32 Å². The highest BCUT2D eigenvalue weighted by atomic mass is 15.0. The molecule has 1 saturated carbocycles. The summed E-state index contributed by atoms with van der Waals surface area (Å²) in [6.45, 7) is 3.66. The summed E-state index contributed by atoms with van der Waals surface area (Å²) in [6, 6.07) is 0. The van der Waals surface area contributed by atoms with Gasteiger partial charge in [0, 0.05) is 5.54 Å². The Morgan fingerprint density at radius 1 is 1.30 bits per heavy atom. The number of fused-ring (bicyclic) bond motifs is 1. The highest BCUT2D eigenvalue weighted by Gasteiger charge is 2.39. The van der Waals surface area contributed by atoms with Crippen molar-refractivity contribution < 1.29 is 0 Å². The van der Waals surface area contributed by atoms with Gasteiger partial charge < -0.3 is 5.32 Å². The Balaban J connectivity index is 2.10. The van der Waals surface area contributed by atoms with Crippen molar-refractivity contribution in [2.75, 3.05) is 6.54 Å². The Morgan fingerprint density at radius 2 is 2.10 bits per heavy atom. The summed E-state index contributed by atoms with van der Waals surface area (Å²) >= 11 is 0. The highest BCUT2D eigenvalue weighted by Crippen LogP contribution is 2.40. The first-order valence-corrected chi connectivity index (χ1v) is 4.56. The molecule has 1 nitrogen and oxygen atoms in total. The van der Waals surface area contributed by atoms with Crippen LogP contribution in [0.15, 0.2) is 0 Å². The second-order valence-corrected chi connectivity index (χ2v) is 4.08. The fraction of sp³-hybridized carbons (Fsp3) is 1.00. The lowest BCUT2D eigenvalue weighted by atomic mass is 9.82.